The van der Waals surface area contributed by atoms with E-state index in [4.69, 9.17) is 9.47 Å². The van der Waals surface area contributed by atoms with Gasteiger partial charge in [-0.15, -0.1) is 11.8 Å². The van der Waals surface area contributed by atoms with E-state index < -0.39 is 5.97 Å². The van der Waals surface area contributed by atoms with E-state index in [1.54, 1.807) is 31.4 Å². The molecular formula is C19H28N2O5S. The Kier molecular flexibility index (Phi) is 11.2. The Morgan fingerprint density at radius 1 is 1.19 bits per heavy atom. The molecule has 8 heteroatoms. The zero-order valence-corrected chi connectivity index (χ0v) is 16.9. The highest BCUT2D eigenvalue weighted by molar-refractivity contribution is 8.00. The van der Waals surface area contributed by atoms with E-state index in [1.807, 2.05) is 13.8 Å². The van der Waals surface area contributed by atoms with Crippen molar-refractivity contribution in [3.05, 3.63) is 29.8 Å². The van der Waals surface area contributed by atoms with Gasteiger partial charge >= 0.3 is 5.97 Å². The standard InChI is InChI=1S/C19H28N2O5S/c1-4-7-14(2)21-17(22)12-26-19(24)15-8-5-6-9-16(15)27-13-18(23)20-10-11-25-3/h5-6,8-9,14H,4,7,10-13H2,1-3H3,(H,20,23)(H,21,22). The molecule has 0 radical (unpaired) electrons. The van der Waals surface area contributed by atoms with Gasteiger partial charge in [-0.3, -0.25) is 9.59 Å². The monoisotopic (exact) mass is 396 g/mol. The van der Waals surface area contributed by atoms with Crippen molar-refractivity contribution >= 4 is 29.5 Å². The van der Waals surface area contributed by atoms with Gasteiger partial charge in [-0.05, 0) is 25.5 Å². The van der Waals surface area contributed by atoms with Crippen molar-refractivity contribution in [2.24, 2.45) is 0 Å². The number of carbonyl (C=O) groups excluding carboxylic acids is 3. The molecule has 1 aromatic carbocycles. The first-order valence-electron chi connectivity index (χ1n) is 8.91. The molecular weight excluding hydrogens is 368 g/mol. The van der Waals surface area contributed by atoms with Crippen LogP contribution < -0.4 is 10.6 Å². The van der Waals surface area contributed by atoms with Crippen LogP contribution in [0.1, 0.15) is 37.0 Å². The summed E-state index contributed by atoms with van der Waals surface area (Å²) in [4.78, 5) is 36.6. The zero-order valence-electron chi connectivity index (χ0n) is 16.1. The molecule has 0 aliphatic rings. The molecule has 0 fully saturated rings. The van der Waals surface area contributed by atoms with Gasteiger partial charge in [0.1, 0.15) is 0 Å². The number of carbonyl (C=O) groups is 3. The van der Waals surface area contributed by atoms with Gasteiger partial charge in [0.15, 0.2) is 6.61 Å². The lowest BCUT2D eigenvalue weighted by molar-refractivity contribution is -0.124. The second-order valence-electron chi connectivity index (χ2n) is 5.96. The number of esters is 1. The molecule has 0 saturated carbocycles. The molecule has 0 aliphatic carbocycles. The summed E-state index contributed by atoms with van der Waals surface area (Å²) >= 11 is 1.24. The zero-order chi connectivity index (χ0) is 20.1. The Bertz CT molecular complexity index is 624. The van der Waals surface area contributed by atoms with Crippen LogP contribution in [0, 0.1) is 0 Å². The summed E-state index contributed by atoms with van der Waals surface area (Å²) in [5.41, 5.74) is 0.335. The predicted octanol–water partition coefficient (Wildman–Crippen LogP) is 2.00. The molecule has 0 aliphatic heterocycles. The molecule has 0 spiro atoms. The Morgan fingerprint density at radius 2 is 1.93 bits per heavy atom. The van der Waals surface area contributed by atoms with Gasteiger partial charge in [0.2, 0.25) is 5.91 Å². The minimum atomic E-state index is -0.587. The van der Waals surface area contributed by atoms with Gasteiger partial charge in [0.05, 0.1) is 17.9 Å². The van der Waals surface area contributed by atoms with Gasteiger partial charge < -0.3 is 20.1 Å². The van der Waals surface area contributed by atoms with Crippen molar-refractivity contribution in [3.63, 3.8) is 0 Å². The fourth-order valence-corrected chi connectivity index (χ4v) is 3.15. The minimum Gasteiger partial charge on any atom is -0.452 e. The quantitative estimate of drug-likeness (QED) is 0.319. The van der Waals surface area contributed by atoms with Crippen LogP contribution in [0.3, 0.4) is 0 Å². The highest BCUT2D eigenvalue weighted by Gasteiger charge is 2.16. The fraction of sp³-hybridized carbons (Fsp3) is 0.526. The Hall–Kier alpha value is -2.06. The lowest BCUT2D eigenvalue weighted by Crippen LogP contribution is -2.35. The van der Waals surface area contributed by atoms with Gasteiger partial charge in [-0.2, -0.15) is 0 Å². The average molecular weight is 397 g/mol. The van der Waals surface area contributed by atoms with Crippen LogP contribution in [0.4, 0.5) is 0 Å². The lowest BCUT2D eigenvalue weighted by atomic mass is 10.2. The van der Waals surface area contributed by atoms with E-state index in [2.05, 4.69) is 10.6 Å². The smallest absolute Gasteiger partial charge is 0.339 e. The Morgan fingerprint density at radius 3 is 2.63 bits per heavy atom. The SMILES string of the molecule is CCCC(C)NC(=O)COC(=O)c1ccccc1SCC(=O)NCCOC. The molecule has 0 heterocycles. The number of amides is 2. The van der Waals surface area contributed by atoms with Crippen molar-refractivity contribution < 1.29 is 23.9 Å². The topological polar surface area (TPSA) is 93.7 Å². The molecule has 1 atom stereocenters. The van der Waals surface area contributed by atoms with Crippen molar-refractivity contribution in [1.82, 2.24) is 10.6 Å². The first-order valence-corrected chi connectivity index (χ1v) is 9.90. The van der Waals surface area contributed by atoms with Crippen LogP contribution in [-0.4, -0.2) is 56.4 Å². The summed E-state index contributed by atoms with van der Waals surface area (Å²) < 4.78 is 9.99. The summed E-state index contributed by atoms with van der Waals surface area (Å²) in [5, 5.41) is 5.50. The molecule has 0 aromatic heterocycles. The van der Waals surface area contributed by atoms with E-state index in [0.29, 0.717) is 23.6 Å². The molecule has 2 N–H and O–H groups in total. The van der Waals surface area contributed by atoms with Crippen molar-refractivity contribution in [2.75, 3.05) is 32.6 Å². The first kappa shape index (κ1) is 23.0. The van der Waals surface area contributed by atoms with E-state index >= 15 is 0 Å². The van der Waals surface area contributed by atoms with Crippen LogP contribution in [-0.2, 0) is 19.1 Å². The normalized spacial score (nSPS) is 11.5. The number of nitrogens with one attached hydrogen (secondary N) is 2. The van der Waals surface area contributed by atoms with E-state index in [0.717, 1.165) is 12.8 Å². The van der Waals surface area contributed by atoms with Crippen molar-refractivity contribution in [3.8, 4) is 0 Å². The molecule has 1 rings (SSSR count). The number of thioether (sulfide) groups is 1. The second kappa shape index (κ2) is 13.2. The first-order chi connectivity index (χ1) is 13.0. The fourth-order valence-electron chi connectivity index (χ4n) is 2.28. The van der Waals surface area contributed by atoms with Crippen LogP contribution in [0.2, 0.25) is 0 Å². The van der Waals surface area contributed by atoms with Gasteiger partial charge in [0.25, 0.3) is 5.91 Å². The molecule has 1 unspecified atom stereocenters. The summed E-state index contributed by atoms with van der Waals surface area (Å²) in [5.74, 6) is -0.893. The van der Waals surface area contributed by atoms with E-state index in [9.17, 15) is 14.4 Å². The van der Waals surface area contributed by atoms with Crippen LogP contribution in [0.5, 0.6) is 0 Å². The third-order valence-corrected chi connectivity index (χ3v) is 4.63. The van der Waals surface area contributed by atoms with Gasteiger partial charge in [-0.25, -0.2) is 4.79 Å². The Balaban J connectivity index is 2.53. The molecule has 1 aromatic rings. The molecule has 7 nitrogen and oxygen atoms in total. The maximum absolute atomic E-state index is 12.3. The maximum atomic E-state index is 12.3. The van der Waals surface area contributed by atoms with Gasteiger partial charge in [0, 0.05) is 24.6 Å². The van der Waals surface area contributed by atoms with Crippen LogP contribution in [0.25, 0.3) is 0 Å². The van der Waals surface area contributed by atoms with Crippen LogP contribution in [0.15, 0.2) is 29.2 Å². The largest absolute Gasteiger partial charge is 0.452 e. The summed E-state index contributed by atoms with van der Waals surface area (Å²) in [6.45, 7) is 4.49. The third-order valence-electron chi connectivity index (χ3n) is 3.56. The number of ether oxygens (including phenoxy) is 2. The minimum absolute atomic E-state index is 0.0423. The number of hydrogen-bond acceptors (Lipinski definition) is 6. The number of rotatable bonds is 12. The third kappa shape index (κ3) is 9.44. The van der Waals surface area contributed by atoms with E-state index in [-0.39, 0.29) is 30.2 Å². The number of methoxy groups -OCH3 is 1. The molecule has 150 valence electrons. The highest BCUT2D eigenvalue weighted by atomic mass is 32.2. The van der Waals surface area contributed by atoms with Crippen LogP contribution >= 0.6 is 11.8 Å². The maximum Gasteiger partial charge on any atom is 0.339 e. The lowest BCUT2D eigenvalue weighted by Gasteiger charge is -2.13. The van der Waals surface area contributed by atoms with Gasteiger partial charge in [-0.1, -0.05) is 25.5 Å². The molecule has 2 amide bonds. The van der Waals surface area contributed by atoms with E-state index in [1.165, 1.54) is 11.8 Å². The number of benzene rings is 1. The Labute approximate surface area is 164 Å². The highest BCUT2D eigenvalue weighted by Crippen LogP contribution is 2.23. The summed E-state index contributed by atoms with van der Waals surface area (Å²) in [6, 6.07) is 6.89. The molecule has 0 saturated heterocycles. The average Bonchev–Trinajstić information content (AvgIpc) is 2.65. The summed E-state index contributed by atoms with van der Waals surface area (Å²) in [7, 11) is 1.56. The second-order valence-corrected chi connectivity index (χ2v) is 6.98. The van der Waals surface area contributed by atoms with Crippen molar-refractivity contribution in [2.45, 2.75) is 37.6 Å². The summed E-state index contributed by atoms with van der Waals surface area (Å²) in [6.07, 6.45) is 1.83. The molecule has 0 bridgehead atoms. The molecule has 27 heavy (non-hydrogen) atoms. The number of hydrogen-bond donors (Lipinski definition) is 2. The van der Waals surface area contributed by atoms with Crippen molar-refractivity contribution in [1.29, 1.82) is 0 Å². The predicted molar refractivity (Wildman–Crippen MR) is 105 cm³/mol.